The number of nitrogens with one attached hydrogen (secondary N) is 1. The molecular formula is C15H21F3N2O2. The SMILES string of the molecule is CC1CC(N)c2cc(C(F)(F)F)ccc2N1.CCCOC=O. The highest BCUT2D eigenvalue weighted by Gasteiger charge is 2.32. The molecule has 0 aromatic heterocycles. The van der Waals surface area contributed by atoms with Crippen molar-refractivity contribution in [2.75, 3.05) is 11.9 Å². The highest BCUT2D eigenvalue weighted by atomic mass is 19.4. The van der Waals surface area contributed by atoms with Gasteiger partial charge in [0.05, 0.1) is 12.2 Å². The molecule has 3 N–H and O–H groups in total. The first-order chi connectivity index (χ1) is 10.3. The van der Waals surface area contributed by atoms with Gasteiger partial charge in [-0.05, 0) is 43.5 Å². The van der Waals surface area contributed by atoms with E-state index >= 15 is 0 Å². The van der Waals surface area contributed by atoms with Crippen molar-refractivity contribution in [2.45, 2.75) is 44.9 Å². The molecular weight excluding hydrogens is 297 g/mol. The van der Waals surface area contributed by atoms with Gasteiger partial charge in [-0.15, -0.1) is 0 Å². The second-order valence-electron chi connectivity index (χ2n) is 5.15. The molecule has 124 valence electrons. The van der Waals surface area contributed by atoms with E-state index in [0.29, 0.717) is 30.8 Å². The average molecular weight is 318 g/mol. The molecule has 1 heterocycles. The predicted octanol–water partition coefficient (Wildman–Crippen LogP) is 3.48. The Morgan fingerprint density at radius 1 is 1.45 bits per heavy atom. The smallest absolute Gasteiger partial charge is 0.416 e. The highest BCUT2D eigenvalue weighted by Crippen LogP contribution is 2.36. The third-order valence-corrected chi connectivity index (χ3v) is 3.18. The Morgan fingerprint density at radius 3 is 2.64 bits per heavy atom. The lowest BCUT2D eigenvalue weighted by Gasteiger charge is -2.29. The van der Waals surface area contributed by atoms with Crippen LogP contribution in [0.25, 0.3) is 0 Å². The maximum Gasteiger partial charge on any atom is 0.416 e. The van der Waals surface area contributed by atoms with E-state index in [4.69, 9.17) is 5.73 Å². The normalized spacial score (nSPS) is 20.1. The number of alkyl halides is 3. The fourth-order valence-electron chi connectivity index (χ4n) is 2.18. The molecule has 1 aliphatic rings. The van der Waals surface area contributed by atoms with Gasteiger partial charge >= 0.3 is 6.18 Å². The van der Waals surface area contributed by atoms with Crippen LogP contribution in [0.1, 0.15) is 43.9 Å². The van der Waals surface area contributed by atoms with Gasteiger partial charge in [0.1, 0.15) is 0 Å². The number of anilines is 1. The molecule has 0 fully saturated rings. The molecule has 7 heteroatoms. The van der Waals surface area contributed by atoms with Crippen molar-refractivity contribution in [2.24, 2.45) is 5.73 Å². The summed E-state index contributed by atoms with van der Waals surface area (Å²) in [5.41, 5.74) is 6.46. The number of hydrogen-bond donors (Lipinski definition) is 2. The van der Waals surface area contributed by atoms with Gasteiger partial charge in [0.25, 0.3) is 6.47 Å². The molecule has 1 aliphatic heterocycles. The highest BCUT2D eigenvalue weighted by molar-refractivity contribution is 5.57. The van der Waals surface area contributed by atoms with Gasteiger partial charge in [-0.2, -0.15) is 13.2 Å². The molecule has 2 unspecified atom stereocenters. The van der Waals surface area contributed by atoms with E-state index in [1.54, 1.807) is 0 Å². The Labute approximate surface area is 127 Å². The second-order valence-corrected chi connectivity index (χ2v) is 5.15. The molecule has 0 radical (unpaired) electrons. The van der Waals surface area contributed by atoms with E-state index < -0.39 is 11.7 Å². The number of benzene rings is 1. The molecule has 4 nitrogen and oxygen atoms in total. The van der Waals surface area contributed by atoms with Crippen molar-refractivity contribution in [1.82, 2.24) is 0 Å². The van der Waals surface area contributed by atoms with Crippen molar-refractivity contribution in [3.05, 3.63) is 29.3 Å². The van der Waals surface area contributed by atoms with Crippen LogP contribution in [0.4, 0.5) is 18.9 Å². The van der Waals surface area contributed by atoms with Crippen molar-refractivity contribution in [3.63, 3.8) is 0 Å². The van der Waals surface area contributed by atoms with E-state index in [0.717, 1.165) is 18.6 Å². The topological polar surface area (TPSA) is 64.3 Å². The molecule has 0 bridgehead atoms. The standard InChI is InChI=1S/C11H13F3N2.C4H8O2/c1-6-4-9(15)8-5-7(11(12,13)14)2-3-10(8)16-6;1-2-3-6-4-5/h2-3,5-6,9,16H,4,15H2,1H3;4H,2-3H2,1H3. The van der Waals surface area contributed by atoms with E-state index in [2.05, 4.69) is 10.1 Å². The van der Waals surface area contributed by atoms with E-state index in [1.165, 1.54) is 6.07 Å². The second kappa shape index (κ2) is 8.03. The summed E-state index contributed by atoms with van der Waals surface area (Å²) >= 11 is 0. The minimum atomic E-state index is -4.31. The van der Waals surface area contributed by atoms with Crippen molar-refractivity contribution in [1.29, 1.82) is 0 Å². The third-order valence-electron chi connectivity index (χ3n) is 3.18. The van der Waals surface area contributed by atoms with Crippen LogP contribution in [0.2, 0.25) is 0 Å². The molecule has 1 aromatic carbocycles. The monoisotopic (exact) mass is 318 g/mol. The van der Waals surface area contributed by atoms with Crippen LogP contribution in [-0.4, -0.2) is 19.1 Å². The van der Waals surface area contributed by atoms with Gasteiger partial charge in [0.15, 0.2) is 0 Å². The van der Waals surface area contributed by atoms with Crippen LogP contribution in [0, 0.1) is 0 Å². The molecule has 2 rings (SSSR count). The fourth-order valence-corrected chi connectivity index (χ4v) is 2.18. The van der Waals surface area contributed by atoms with Gasteiger partial charge in [0, 0.05) is 17.8 Å². The lowest BCUT2D eigenvalue weighted by atomic mass is 9.93. The van der Waals surface area contributed by atoms with Crippen LogP contribution in [-0.2, 0) is 15.7 Å². The van der Waals surface area contributed by atoms with Crippen molar-refractivity contribution >= 4 is 12.2 Å². The van der Waals surface area contributed by atoms with Gasteiger partial charge < -0.3 is 15.8 Å². The Balaban J connectivity index is 0.000000346. The summed E-state index contributed by atoms with van der Waals surface area (Å²) in [6.45, 7) is 4.91. The Kier molecular flexibility index (Phi) is 6.67. The van der Waals surface area contributed by atoms with E-state index in [1.807, 2.05) is 13.8 Å². The van der Waals surface area contributed by atoms with E-state index in [-0.39, 0.29) is 12.1 Å². The molecule has 22 heavy (non-hydrogen) atoms. The molecule has 0 amide bonds. The molecule has 2 atom stereocenters. The number of carbonyl (C=O) groups excluding carboxylic acids is 1. The van der Waals surface area contributed by atoms with Crippen LogP contribution < -0.4 is 11.1 Å². The number of hydrogen-bond acceptors (Lipinski definition) is 4. The first-order valence-electron chi connectivity index (χ1n) is 7.08. The maximum atomic E-state index is 12.5. The first-order valence-corrected chi connectivity index (χ1v) is 7.08. The van der Waals surface area contributed by atoms with Gasteiger partial charge in [-0.25, -0.2) is 0 Å². The van der Waals surface area contributed by atoms with Crippen molar-refractivity contribution in [3.8, 4) is 0 Å². The quantitative estimate of drug-likeness (QED) is 0.661. The Morgan fingerprint density at radius 2 is 2.14 bits per heavy atom. The average Bonchev–Trinajstić information content (AvgIpc) is 2.44. The molecule has 0 spiro atoms. The maximum absolute atomic E-state index is 12.5. The Hall–Kier alpha value is -1.76. The summed E-state index contributed by atoms with van der Waals surface area (Å²) in [6, 6.07) is 3.54. The lowest BCUT2D eigenvalue weighted by molar-refractivity contribution is -0.137. The van der Waals surface area contributed by atoms with Crippen LogP contribution in [0.3, 0.4) is 0 Å². The molecule has 1 aromatic rings. The predicted molar refractivity (Wildman–Crippen MR) is 78.4 cm³/mol. The number of halogens is 3. The summed E-state index contributed by atoms with van der Waals surface area (Å²) in [7, 11) is 0. The zero-order valence-electron chi connectivity index (χ0n) is 12.6. The molecule has 0 saturated carbocycles. The number of carbonyl (C=O) groups is 1. The summed E-state index contributed by atoms with van der Waals surface area (Å²) in [4.78, 5) is 9.34. The minimum absolute atomic E-state index is 0.194. The third kappa shape index (κ3) is 5.22. The van der Waals surface area contributed by atoms with E-state index in [9.17, 15) is 18.0 Å². The van der Waals surface area contributed by atoms with Gasteiger partial charge in [-0.3, -0.25) is 4.79 Å². The van der Waals surface area contributed by atoms with Crippen LogP contribution in [0.5, 0.6) is 0 Å². The zero-order valence-corrected chi connectivity index (χ0v) is 12.6. The number of ether oxygens (including phenoxy) is 1. The first kappa shape index (κ1) is 18.3. The summed E-state index contributed by atoms with van der Waals surface area (Å²) in [5.74, 6) is 0. The summed E-state index contributed by atoms with van der Waals surface area (Å²) in [5, 5.41) is 3.12. The summed E-state index contributed by atoms with van der Waals surface area (Å²) in [6.07, 6.45) is -2.76. The summed E-state index contributed by atoms with van der Waals surface area (Å²) < 4.78 is 41.8. The Bertz CT molecular complexity index is 492. The van der Waals surface area contributed by atoms with Crippen LogP contribution >= 0.6 is 0 Å². The minimum Gasteiger partial charge on any atom is -0.468 e. The van der Waals surface area contributed by atoms with Crippen molar-refractivity contribution < 1.29 is 22.7 Å². The van der Waals surface area contributed by atoms with Gasteiger partial charge in [-0.1, -0.05) is 6.92 Å². The number of fused-ring (bicyclic) bond motifs is 1. The number of nitrogens with two attached hydrogens (primary N) is 1. The van der Waals surface area contributed by atoms with Crippen LogP contribution in [0.15, 0.2) is 18.2 Å². The molecule has 0 saturated heterocycles. The lowest BCUT2D eigenvalue weighted by Crippen LogP contribution is -2.29. The largest absolute Gasteiger partial charge is 0.468 e. The molecule has 0 aliphatic carbocycles. The zero-order chi connectivity index (χ0) is 16.8. The fraction of sp³-hybridized carbons (Fsp3) is 0.533. The number of rotatable bonds is 3. The van der Waals surface area contributed by atoms with Gasteiger partial charge in [0.2, 0.25) is 0 Å².